The Labute approximate surface area is 113 Å². The van der Waals surface area contributed by atoms with Gasteiger partial charge in [0.2, 0.25) is 0 Å². The van der Waals surface area contributed by atoms with E-state index in [0.29, 0.717) is 24.2 Å². The number of rotatable bonds is 7. The van der Waals surface area contributed by atoms with Gasteiger partial charge in [0, 0.05) is 25.6 Å². The second kappa shape index (κ2) is 9.51. The van der Waals surface area contributed by atoms with E-state index in [0.717, 1.165) is 26.1 Å². The third-order valence-electron chi connectivity index (χ3n) is 3.26. The van der Waals surface area contributed by atoms with E-state index in [1.807, 2.05) is 20.8 Å². The first-order chi connectivity index (χ1) is 8.58. The summed E-state index contributed by atoms with van der Waals surface area (Å²) in [6, 6.07) is 0.768. The van der Waals surface area contributed by atoms with Gasteiger partial charge in [-0.25, -0.2) is 0 Å². The summed E-state index contributed by atoms with van der Waals surface area (Å²) in [5, 5.41) is 3.42. The van der Waals surface area contributed by atoms with E-state index in [4.69, 9.17) is 0 Å². The average Bonchev–Trinajstić information content (AvgIpc) is 2.32. The predicted molar refractivity (Wildman–Crippen MR) is 78.9 cm³/mol. The Morgan fingerprint density at radius 2 is 1.83 bits per heavy atom. The van der Waals surface area contributed by atoms with Gasteiger partial charge < -0.3 is 5.32 Å². The van der Waals surface area contributed by atoms with Crippen LogP contribution in [-0.4, -0.2) is 42.4 Å². The van der Waals surface area contributed by atoms with Crippen molar-refractivity contribution < 1.29 is 4.79 Å². The molecular formula is C15H32N2O. The molecule has 0 amide bonds. The van der Waals surface area contributed by atoms with Gasteiger partial charge in [-0.3, -0.25) is 9.69 Å². The van der Waals surface area contributed by atoms with Gasteiger partial charge in [0.15, 0.2) is 0 Å². The lowest BCUT2D eigenvalue weighted by Crippen LogP contribution is -2.62. The van der Waals surface area contributed by atoms with Crippen molar-refractivity contribution in [3.05, 3.63) is 0 Å². The van der Waals surface area contributed by atoms with Gasteiger partial charge in [-0.1, -0.05) is 41.5 Å². The summed E-state index contributed by atoms with van der Waals surface area (Å²) in [4.78, 5) is 14.2. The zero-order valence-electron chi connectivity index (χ0n) is 13.1. The Morgan fingerprint density at radius 1 is 1.28 bits per heavy atom. The molecule has 1 unspecified atom stereocenters. The van der Waals surface area contributed by atoms with Gasteiger partial charge in [0.25, 0.3) is 0 Å². The van der Waals surface area contributed by atoms with Gasteiger partial charge in [-0.15, -0.1) is 0 Å². The smallest absolute Gasteiger partial charge is 0.149 e. The van der Waals surface area contributed by atoms with Crippen LogP contribution in [0.25, 0.3) is 0 Å². The van der Waals surface area contributed by atoms with Crippen LogP contribution < -0.4 is 5.32 Å². The van der Waals surface area contributed by atoms with Crippen LogP contribution in [0.15, 0.2) is 0 Å². The van der Waals surface area contributed by atoms with Crippen LogP contribution in [0.3, 0.4) is 0 Å². The standard InChI is InChI=1S/C13H26N2O.C2H6/c1-5-13(16)12(7-10(3)4)15-8-11(9-15)14-6-2;1-2/h10-12,14H,5-9H2,1-4H3;1-2H3. The number of nitrogens with one attached hydrogen (secondary N) is 1. The maximum Gasteiger partial charge on any atom is 0.149 e. The molecule has 0 bridgehead atoms. The zero-order chi connectivity index (χ0) is 14.1. The Bertz CT molecular complexity index is 223. The zero-order valence-corrected chi connectivity index (χ0v) is 13.1. The highest BCUT2D eigenvalue weighted by molar-refractivity contribution is 5.83. The Hall–Kier alpha value is -0.410. The SMILES string of the molecule is CC.CCNC1CN(C(CC(C)C)C(=O)CC)C1. The number of hydrogen-bond acceptors (Lipinski definition) is 3. The predicted octanol–water partition coefficient (Wildman–Crippen LogP) is 2.70. The molecule has 1 aliphatic heterocycles. The summed E-state index contributed by atoms with van der Waals surface area (Å²) in [5.41, 5.74) is 0. The molecule has 18 heavy (non-hydrogen) atoms. The first-order valence-electron chi connectivity index (χ1n) is 7.58. The van der Waals surface area contributed by atoms with Crippen molar-refractivity contribution in [2.45, 2.75) is 66.5 Å². The highest BCUT2D eigenvalue weighted by Gasteiger charge is 2.34. The van der Waals surface area contributed by atoms with Crippen LogP contribution >= 0.6 is 0 Å². The number of hydrogen-bond donors (Lipinski definition) is 1. The molecule has 0 spiro atoms. The molecule has 1 saturated heterocycles. The van der Waals surface area contributed by atoms with E-state index in [-0.39, 0.29) is 6.04 Å². The van der Waals surface area contributed by atoms with Crippen molar-refractivity contribution in [2.24, 2.45) is 5.92 Å². The van der Waals surface area contributed by atoms with Gasteiger partial charge in [-0.2, -0.15) is 0 Å². The van der Waals surface area contributed by atoms with Crippen LogP contribution in [0.4, 0.5) is 0 Å². The lowest BCUT2D eigenvalue weighted by Gasteiger charge is -2.44. The third kappa shape index (κ3) is 5.49. The number of nitrogens with zero attached hydrogens (tertiary/aromatic N) is 1. The van der Waals surface area contributed by atoms with E-state index in [1.54, 1.807) is 0 Å². The monoisotopic (exact) mass is 256 g/mol. The van der Waals surface area contributed by atoms with Crippen molar-refractivity contribution in [1.82, 2.24) is 10.2 Å². The summed E-state index contributed by atoms with van der Waals surface area (Å²) in [7, 11) is 0. The van der Waals surface area contributed by atoms with Gasteiger partial charge in [0.05, 0.1) is 6.04 Å². The fraction of sp³-hybridized carbons (Fsp3) is 0.933. The largest absolute Gasteiger partial charge is 0.312 e. The minimum Gasteiger partial charge on any atom is -0.312 e. The number of carbonyl (C=O) groups is 1. The molecule has 0 aromatic heterocycles. The van der Waals surface area contributed by atoms with E-state index in [2.05, 4.69) is 31.0 Å². The number of carbonyl (C=O) groups excluding carboxylic acids is 1. The lowest BCUT2D eigenvalue weighted by molar-refractivity contribution is -0.126. The molecule has 1 N–H and O–H groups in total. The second-order valence-electron chi connectivity index (χ2n) is 5.17. The summed E-state index contributed by atoms with van der Waals surface area (Å²) >= 11 is 0. The molecule has 3 nitrogen and oxygen atoms in total. The number of Topliss-reactive ketones (excluding diaryl/α,β-unsaturated/α-hetero) is 1. The Balaban J connectivity index is 0.00000137. The van der Waals surface area contributed by atoms with Gasteiger partial charge in [0.1, 0.15) is 5.78 Å². The Kier molecular flexibility index (Phi) is 9.29. The minimum atomic E-state index is 0.167. The molecule has 1 aliphatic rings. The molecule has 1 heterocycles. The first-order valence-corrected chi connectivity index (χ1v) is 7.58. The van der Waals surface area contributed by atoms with Crippen molar-refractivity contribution >= 4 is 5.78 Å². The lowest BCUT2D eigenvalue weighted by atomic mass is 9.93. The highest BCUT2D eigenvalue weighted by atomic mass is 16.1. The van der Waals surface area contributed by atoms with Crippen LogP contribution in [0.5, 0.6) is 0 Å². The van der Waals surface area contributed by atoms with E-state index in [9.17, 15) is 4.79 Å². The normalized spacial score (nSPS) is 17.9. The number of likely N-dealkylation sites (N-methyl/N-ethyl adjacent to an activating group) is 1. The Morgan fingerprint density at radius 3 is 2.22 bits per heavy atom. The molecule has 0 aromatic rings. The fourth-order valence-electron chi connectivity index (χ4n) is 2.35. The summed E-state index contributed by atoms with van der Waals surface area (Å²) in [6.07, 6.45) is 1.67. The molecule has 0 radical (unpaired) electrons. The maximum absolute atomic E-state index is 11.9. The first kappa shape index (κ1) is 17.6. The van der Waals surface area contributed by atoms with Crippen molar-refractivity contribution in [3.8, 4) is 0 Å². The third-order valence-corrected chi connectivity index (χ3v) is 3.26. The van der Waals surface area contributed by atoms with Crippen LogP contribution in [0, 0.1) is 5.92 Å². The maximum atomic E-state index is 11.9. The average molecular weight is 256 g/mol. The van der Waals surface area contributed by atoms with Crippen molar-refractivity contribution in [3.63, 3.8) is 0 Å². The molecule has 1 rings (SSSR count). The van der Waals surface area contributed by atoms with Crippen LogP contribution in [0.2, 0.25) is 0 Å². The second-order valence-corrected chi connectivity index (χ2v) is 5.17. The highest BCUT2D eigenvalue weighted by Crippen LogP contribution is 2.20. The van der Waals surface area contributed by atoms with Crippen molar-refractivity contribution in [1.29, 1.82) is 0 Å². The molecule has 0 aromatic carbocycles. The van der Waals surface area contributed by atoms with Crippen molar-refractivity contribution in [2.75, 3.05) is 19.6 Å². The van der Waals surface area contributed by atoms with E-state index in [1.165, 1.54) is 0 Å². The molecule has 1 atom stereocenters. The van der Waals surface area contributed by atoms with Crippen LogP contribution in [0.1, 0.15) is 54.4 Å². The summed E-state index contributed by atoms with van der Waals surface area (Å²) in [5.74, 6) is 1.00. The summed E-state index contributed by atoms with van der Waals surface area (Å²) in [6.45, 7) is 15.6. The minimum absolute atomic E-state index is 0.167. The van der Waals surface area contributed by atoms with E-state index >= 15 is 0 Å². The molecule has 3 heteroatoms. The molecule has 0 saturated carbocycles. The molecular weight excluding hydrogens is 224 g/mol. The van der Waals surface area contributed by atoms with Gasteiger partial charge >= 0.3 is 0 Å². The van der Waals surface area contributed by atoms with Gasteiger partial charge in [-0.05, 0) is 18.9 Å². The fourth-order valence-corrected chi connectivity index (χ4v) is 2.35. The quantitative estimate of drug-likeness (QED) is 0.760. The molecule has 0 aliphatic carbocycles. The number of ketones is 1. The summed E-state index contributed by atoms with van der Waals surface area (Å²) < 4.78 is 0. The topological polar surface area (TPSA) is 32.3 Å². The van der Waals surface area contributed by atoms with E-state index < -0.39 is 0 Å². The molecule has 108 valence electrons. The molecule has 1 fully saturated rings. The number of likely N-dealkylation sites (tertiary alicyclic amines) is 1. The van der Waals surface area contributed by atoms with Crippen LogP contribution in [-0.2, 0) is 4.79 Å².